The van der Waals surface area contributed by atoms with Crippen molar-refractivity contribution < 1.29 is 5.11 Å². The predicted octanol–water partition coefficient (Wildman–Crippen LogP) is 3.86. The maximum atomic E-state index is 8.73. The standard InChI is InChI=1S/C16H27NOS/c1-3-15(13-19-12-8-7-11-18)17-14-16(2)9-5-4-6-10-16/h4-6,9,14-15,18H,3,7-8,10-13H2,1-2H3. The second-order valence-electron chi connectivity index (χ2n) is 5.34. The van der Waals surface area contributed by atoms with Gasteiger partial charge in [0.2, 0.25) is 0 Å². The Balaban J connectivity index is 2.31. The Morgan fingerprint density at radius 3 is 2.89 bits per heavy atom. The Hall–Kier alpha value is -0.540. The van der Waals surface area contributed by atoms with Crippen molar-refractivity contribution in [2.24, 2.45) is 10.4 Å². The lowest BCUT2D eigenvalue weighted by Crippen LogP contribution is -2.18. The summed E-state index contributed by atoms with van der Waals surface area (Å²) in [6, 6.07) is 0.426. The van der Waals surface area contributed by atoms with E-state index in [1.54, 1.807) is 0 Å². The van der Waals surface area contributed by atoms with Crippen molar-refractivity contribution in [1.29, 1.82) is 0 Å². The highest BCUT2D eigenvalue weighted by Gasteiger charge is 2.18. The summed E-state index contributed by atoms with van der Waals surface area (Å²) in [4.78, 5) is 4.78. The van der Waals surface area contributed by atoms with Crippen LogP contribution in [0.4, 0.5) is 0 Å². The van der Waals surface area contributed by atoms with Gasteiger partial charge in [0, 0.05) is 24.0 Å². The van der Waals surface area contributed by atoms with E-state index < -0.39 is 0 Å². The summed E-state index contributed by atoms with van der Waals surface area (Å²) < 4.78 is 0. The van der Waals surface area contributed by atoms with Gasteiger partial charge in [-0.25, -0.2) is 0 Å². The summed E-state index contributed by atoms with van der Waals surface area (Å²) in [5.41, 5.74) is 0.101. The Bertz CT molecular complexity index is 325. The van der Waals surface area contributed by atoms with Gasteiger partial charge >= 0.3 is 0 Å². The fourth-order valence-electron chi connectivity index (χ4n) is 1.92. The van der Waals surface area contributed by atoms with Crippen molar-refractivity contribution in [2.45, 2.75) is 45.6 Å². The zero-order valence-electron chi connectivity index (χ0n) is 12.2. The summed E-state index contributed by atoms with van der Waals surface area (Å²) in [7, 11) is 0. The number of nitrogens with zero attached hydrogens (tertiary/aromatic N) is 1. The van der Waals surface area contributed by atoms with E-state index in [1.165, 1.54) is 0 Å². The fourth-order valence-corrected chi connectivity index (χ4v) is 3.09. The zero-order chi connectivity index (χ0) is 14.0. The van der Waals surface area contributed by atoms with E-state index in [0.717, 1.165) is 37.2 Å². The van der Waals surface area contributed by atoms with E-state index in [4.69, 9.17) is 10.1 Å². The fraction of sp³-hybridized carbons (Fsp3) is 0.688. The van der Waals surface area contributed by atoms with Crippen LogP contribution in [-0.2, 0) is 0 Å². The summed E-state index contributed by atoms with van der Waals surface area (Å²) >= 11 is 1.95. The Morgan fingerprint density at radius 1 is 1.42 bits per heavy atom. The molecular formula is C16H27NOS. The van der Waals surface area contributed by atoms with Crippen molar-refractivity contribution >= 4 is 18.0 Å². The van der Waals surface area contributed by atoms with Crippen LogP contribution < -0.4 is 0 Å². The van der Waals surface area contributed by atoms with E-state index in [1.807, 2.05) is 11.8 Å². The summed E-state index contributed by atoms with van der Waals surface area (Å²) in [6.45, 7) is 4.75. The minimum Gasteiger partial charge on any atom is -0.396 e. The first-order chi connectivity index (χ1) is 9.20. The molecule has 108 valence electrons. The molecule has 0 radical (unpaired) electrons. The molecule has 0 fully saturated rings. The SMILES string of the molecule is CCC(CSCCCCO)N=CC1(C)C=CC=CC1. The van der Waals surface area contributed by atoms with Crippen molar-refractivity contribution in [3.63, 3.8) is 0 Å². The van der Waals surface area contributed by atoms with Gasteiger partial charge in [-0.05, 0) is 31.4 Å². The van der Waals surface area contributed by atoms with E-state index in [0.29, 0.717) is 12.6 Å². The third kappa shape index (κ3) is 6.98. The minimum absolute atomic E-state index is 0.101. The average molecular weight is 281 g/mol. The molecule has 0 saturated carbocycles. The van der Waals surface area contributed by atoms with Gasteiger partial charge in [0.1, 0.15) is 0 Å². The van der Waals surface area contributed by atoms with Gasteiger partial charge in [0.15, 0.2) is 0 Å². The smallest absolute Gasteiger partial charge is 0.0583 e. The normalized spacial score (nSPS) is 24.2. The molecule has 0 aromatic carbocycles. The molecule has 0 heterocycles. The van der Waals surface area contributed by atoms with Crippen LogP contribution in [0.2, 0.25) is 0 Å². The monoisotopic (exact) mass is 281 g/mol. The molecule has 2 unspecified atom stereocenters. The summed E-state index contributed by atoms with van der Waals surface area (Å²) in [5.74, 6) is 2.22. The second-order valence-corrected chi connectivity index (χ2v) is 6.49. The average Bonchev–Trinajstić information content (AvgIpc) is 2.43. The van der Waals surface area contributed by atoms with Gasteiger partial charge in [-0.1, -0.05) is 38.2 Å². The molecule has 3 heteroatoms. The van der Waals surface area contributed by atoms with Crippen LogP contribution in [-0.4, -0.2) is 35.5 Å². The largest absolute Gasteiger partial charge is 0.396 e. The molecule has 0 bridgehead atoms. The highest BCUT2D eigenvalue weighted by Crippen LogP contribution is 2.25. The second kappa shape index (κ2) is 9.38. The van der Waals surface area contributed by atoms with Crippen molar-refractivity contribution in [3.8, 4) is 0 Å². The first kappa shape index (κ1) is 16.5. The number of allylic oxidation sites excluding steroid dienone is 4. The maximum absolute atomic E-state index is 8.73. The first-order valence-corrected chi connectivity index (χ1v) is 8.43. The number of hydrogen-bond donors (Lipinski definition) is 1. The van der Waals surface area contributed by atoms with E-state index in [2.05, 4.69) is 44.4 Å². The van der Waals surface area contributed by atoms with Crippen LogP contribution >= 0.6 is 11.8 Å². The lowest BCUT2D eigenvalue weighted by Gasteiger charge is -2.22. The third-order valence-electron chi connectivity index (χ3n) is 3.34. The Morgan fingerprint density at radius 2 is 2.26 bits per heavy atom. The summed E-state index contributed by atoms with van der Waals surface area (Å²) in [6.07, 6.45) is 15.0. The van der Waals surface area contributed by atoms with Gasteiger partial charge in [-0.3, -0.25) is 4.99 Å². The van der Waals surface area contributed by atoms with Crippen LogP contribution in [0.1, 0.15) is 39.5 Å². The van der Waals surface area contributed by atoms with Gasteiger partial charge in [-0.2, -0.15) is 11.8 Å². The van der Waals surface area contributed by atoms with Crippen LogP contribution in [0.15, 0.2) is 29.3 Å². The quantitative estimate of drug-likeness (QED) is 0.514. The lowest BCUT2D eigenvalue weighted by molar-refractivity contribution is 0.287. The number of rotatable bonds is 9. The van der Waals surface area contributed by atoms with Crippen LogP contribution in [0, 0.1) is 5.41 Å². The Kier molecular flexibility index (Phi) is 8.15. The molecule has 19 heavy (non-hydrogen) atoms. The highest BCUT2D eigenvalue weighted by atomic mass is 32.2. The summed E-state index contributed by atoms with van der Waals surface area (Å²) in [5, 5.41) is 8.73. The number of thioether (sulfide) groups is 1. The predicted molar refractivity (Wildman–Crippen MR) is 87.2 cm³/mol. The van der Waals surface area contributed by atoms with Crippen LogP contribution in [0.3, 0.4) is 0 Å². The number of hydrogen-bond acceptors (Lipinski definition) is 3. The van der Waals surface area contributed by atoms with Crippen molar-refractivity contribution in [2.75, 3.05) is 18.1 Å². The number of aliphatic hydroxyl groups is 1. The zero-order valence-corrected chi connectivity index (χ0v) is 13.0. The molecule has 2 atom stereocenters. The molecule has 0 aliphatic heterocycles. The van der Waals surface area contributed by atoms with Crippen LogP contribution in [0.5, 0.6) is 0 Å². The minimum atomic E-state index is 0.101. The maximum Gasteiger partial charge on any atom is 0.0583 e. The highest BCUT2D eigenvalue weighted by molar-refractivity contribution is 7.99. The lowest BCUT2D eigenvalue weighted by atomic mass is 9.85. The third-order valence-corrected chi connectivity index (χ3v) is 4.54. The molecule has 0 aromatic rings. The van der Waals surface area contributed by atoms with E-state index in [9.17, 15) is 0 Å². The van der Waals surface area contributed by atoms with Crippen molar-refractivity contribution in [3.05, 3.63) is 24.3 Å². The van der Waals surface area contributed by atoms with E-state index in [-0.39, 0.29) is 5.41 Å². The molecule has 1 N–H and O–H groups in total. The molecule has 2 nitrogen and oxygen atoms in total. The van der Waals surface area contributed by atoms with E-state index >= 15 is 0 Å². The number of unbranched alkanes of at least 4 members (excludes halogenated alkanes) is 1. The van der Waals surface area contributed by atoms with Gasteiger partial charge < -0.3 is 5.11 Å². The number of aliphatic imine (C=N–C) groups is 1. The molecule has 0 amide bonds. The van der Waals surface area contributed by atoms with Crippen LogP contribution in [0.25, 0.3) is 0 Å². The molecule has 1 aliphatic rings. The topological polar surface area (TPSA) is 32.6 Å². The molecule has 1 aliphatic carbocycles. The molecule has 0 saturated heterocycles. The van der Waals surface area contributed by atoms with Gasteiger partial charge in [0.25, 0.3) is 0 Å². The molecular weight excluding hydrogens is 254 g/mol. The number of aliphatic hydroxyl groups excluding tert-OH is 1. The van der Waals surface area contributed by atoms with Crippen molar-refractivity contribution in [1.82, 2.24) is 0 Å². The molecule has 0 aromatic heterocycles. The van der Waals surface area contributed by atoms with Gasteiger partial charge in [0.05, 0.1) is 6.04 Å². The van der Waals surface area contributed by atoms with Gasteiger partial charge in [-0.15, -0.1) is 0 Å². The Labute approximate surface area is 122 Å². The molecule has 1 rings (SSSR count). The first-order valence-electron chi connectivity index (χ1n) is 7.27. The molecule has 0 spiro atoms.